The summed E-state index contributed by atoms with van der Waals surface area (Å²) in [6.45, 7) is 1.65. The Kier molecular flexibility index (Phi) is 9.98. The predicted octanol–water partition coefficient (Wildman–Crippen LogP) is 3.37. The van der Waals surface area contributed by atoms with Crippen LogP contribution >= 0.6 is 0 Å². The molecular weight excluding hydrogens is 340 g/mol. The van der Waals surface area contributed by atoms with Crippen molar-refractivity contribution in [3.05, 3.63) is 71.3 Å². The fraction of sp³-hybridized carbons (Fsp3) is 0.400. The highest BCUT2D eigenvalue weighted by atomic mass is 19.1. The Morgan fingerprint density at radius 2 is 1.85 bits per heavy atom. The van der Waals surface area contributed by atoms with Gasteiger partial charge >= 0.3 is 0 Å². The SMILES string of the molecule is CO.COCc1ccccc1.NC1(c2ccc(F)cc2F)CCCOC1. The van der Waals surface area contributed by atoms with E-state index >= 15 is 0 Å². The molecule has 144 valence electrons. The minimum atomic E-state index is -0.809. The van der Waals surface area contributed by atoms with E-state index in [1.807, 2.05) is 30.3 Å². The standard InChI is InChI=1S/C11H13F2NO.C8H10O.CH4O/c12-8-2-3-9(10(13)6-8)11(14)4-1-5-15-7-11;1-9-7-8-5-3-2-4-6-8;1-2/h2-3,6H,1,4-5,7,14H2;2-6H,7H2,1H3;2H,1H3. The Morgan fingerprint density at radius 3 is 2.38 bits per heavy atom. The number of methoxy groups -OCH3 is 1. The van der Waals surface area contributed by atoms with E-state index in [4.69, 9.17) is 20.3 Å². The number of nitrogens with two attached hydrogens (primary N) is 1. The molecule has 1 aliphatic rings. The van der Waals surface area contributed by atoms with E-state index in [9.17, 15) is 8.78 Å². The van der Waals surface area contributed by atoms with Crippen molar-refractivity contribution in [1.82, 2.24) is 0 Å². The molecule has 3 rings (SSSR count). The van der Waals surface area contributed by atoms with Crippen LogP contribution in [-0.2, 0) is 21.6 Å². The Hall–Kier alpha value is -1.86. The number of ether oxygens (including phenoxy) is 2. The van der Waals surface area contributed by atoms with Gasteiger partial charge in [0, 0.05) is 32.5 Å². The molecule has 0 amide bonds. The van der Waals surface area contributed by atoms with Crippen molar-refractivity contribution in [2.45, 2.75) is 25.0 Å². The molecule has 0 aliphatic carbocycles. The van der Waals surface area contributed by atoms with Crippen molar-refractivity contribution in [3.63, 3.8) is 0 Å². The predicted molar refractivity (Wildman–Crippen MR) is 97.6 cm³/mol. The van der Waals surface area contributed by atoms with E-state index in [-0.39, 0.29) is 6.61 Å². The minimum absolute atomic E-state index is 0.287. The zero-order valence-corrected chi connectivity index (χ0v) is 15.3. The van der Waals surface area contributed by atoms with Crippen molar-refractivity contribution < 1.29 is 23.4 Å². The third kappa shape index (κ3) is 6.80. The first-order chi connectivity index (χ1) is 12.5. The molecule has 1 saturated heterocycles. The van der Waals surface area contributed by atoms with Crippen molar-refractivity contribution in [2.24, 2.45) is 5.73 Å². The number of benzene rings is 2. The maximum atomic E-state index is 13.5. The molecule has 0 aromatic heterocycles. The van der Waals surface area contributed by atoms with Crippen LogP contribution in [-0.4, -0.2) is 32.5 Å². The molecule has 1 fully saturated rings. The summed E-state index contributed by atoms with van der Waals surface area (Å²) in [5.41, 5.74) is 6.79. The molecule has 0 radical (unpaired) electrons. The smallest absolute Gasteiger partial charge is 0.131 e. The van der Waals surface area contributed by atoms with E-state index in [0.29, 0.717) is 25.2 Å². The summed E-state index contributed by atoms with van der Waals surface area (Å²) in [7, 11) is 2.70. The molecule has 0 saturated carbocycles. The van der Waals surface area contributed by atoms with Crippen molar-refractivity contribution in [1.29, 1.82) is 0 Å². The first-order valence-electron chi connectivity index (χ1n) is 8.35. The van der Waals surface area contributed by atoms with Crippen LogP contribution in [0.25, 0.3) is 0 Å². The number of hydrogen-bond donors (Lipinski definition) is 2. The van der Waals surface area contributed by atoms with Gasteiger partial charge in [0.25, 0.3) is 0 Å². The quantitative estimate of drug-likeness (QED) is 0.873. The van der Waals surface area contributed by atoms with E-state index in [0.717, 1.165) is 19.6 Å². The van der Waals surface area contributed by atoms with Gasteiger partial charge in [0.05, 0.1) is 18.8 Å². The third-order valence-corrected chi connectivity index (χ3v) is 3.89. The monoisotopic (exact) mass is 367 g/mol. The van der Waals surface area contributed by atoms with Gasteiger partial charge in [-0.15, -0.1) is 0 Å². The Morgan fingerprint density at radius 1 is 1.15 bits per heavy atom. The first kappa shape index (κ1) is 22.2. The second kappa shape index (κ2) is 11.7. The molecule has 1 atom stereocenters. The van der Waals surface area contributed by atoms with Crippen LogP contribution in [0, 0.1) is 11.6 Å². The highest BCUT2D eigenvalue weighted by molar-refractivity contribution is 5.27. The molecule has 0 spiro atoms. The average molecular weight is 367 g/mol. The molecule has 0 bridgehead atoms. The van der Waals surface area contributed by atoms with E-state index < -0.39 is 17.2 Å². The topological polar surface area (TPSA) is 64.7 Å². The number of halogens is 2. The van der Waals surface area contributed by atoms with Crippen LogP contribution in [0.5, 0.6) is 0 Å². The summed E-state index contributed by atoms with van der Waals surface area (Å²) in [5.74, 6) is -1.18. The van der Waals surface area contributed by atoms with Gasteiger partial charge in [0.2, 0.25) is 0 Å². The zero-order valence-electron chi connectivity index (χ0n) is 15.3. The van der Waals surface area contributed by atoms with Crippen LogP contribution in [0.4, 0.5) is 8.78 Å². The molecule has 2 aromatic rings. The molecule has 26 heavy (non-hydrogen) atoms. The number of rotatable bonds is 3. The zero-order chi connectivity index (χ0) is 19.4. The molecule has 4 nitrogen and oxygen atoms in total. The van der Waals surface area contributed by atoms with Gasteiger partial charge in [-0.05, 0) is 24.5 Å². The third-order valence-electron chi connectivity index (χ3n) is 3.89. The van der Waals surface area contributed by atoms with Crippen LogP contribution in [0.2, 0.25) is 0 Å². The van der Waals surface area contributed by atoms with Crippen LogP contribution in [0.1, 0.15) is 24.0 Å². The summed E-state index contributed by atoms with van der Waals surface area (Å²) in [4.78, 5) is 0. The Balaban J connectivity index is 0.000000263. The number of aliphatic hydroxyl groups is 1. The summed E-state index contributed by atoms with van der Waals surface area (Å²) in [6.07, 6.45) is 1.46. The lowest BCUT2D eigenvalue weighted by Gasteiger charge is -2.33. The molecule has 1 aliphatic heterocycles. The van der Waals surface area contributed by atoms with Crippen LogP contribution < -0.4 is 5.73 Å². The van der Waals surface area contributed by atoms with E-state index in [1.165, 1.54) is 17.7 Å². The van der Waals surface area contributed by atoms with Gasteiger partial charge in [-0.3, -0.25) is 0 Å². The maximum absolute atomic E-state index is 13.5. The summed E-state index contributed by atoms with van der Waals surface area (Å²) in [6, 6.07) is 13.6. The van der Waals surface area contributed by atoms with Crippen molar-refractivity contribution in [3.8, 4) is 0 Å². The fourth-order valence-electron chi connectivity index (χ4n) is 2.66. The normalized spacial score (nSPS) is 18.8. The molecule has 1 unspecified atom stereocenters. The average Bonchev–Trinajstić information content (AvgIpc) is 2.65. The van der Waals surface area contributed by atoms with Gasteiger partial charge in [0.1, 0.15) is 11.6 Å². The lowest BCUT2D eigenvalue weighted by Crippen LogP contribution is -2.45. The largest absolute Gasteiger partial charge is 0.400 e. The van der Waals surface area contributed by atoms with Crippen LogP contribution in [0.15, 0.2) is 48.5 Å². The number of hydrogen-bond acceptors (Lipinski definition) is 4. The molecule has 3 N–H and O–H groups in total. The molecule has 6 heteroatoms. The summed E-state index contributed by atoms with van der Waals surface area (Å²) < 4.78 is 36.4. The van der Waals surface area contributed by atoms with Crippen molar-refractivity contribution in [2.75, 3.05) is 27.4 Å². The van der Waals surface area contributed by atoms with E-state index in [2.05, 4.69) is 0 Å². The van der Waals surface area contributed by atoms with Crippen LogP contribution in [0.3, 0.4) is 0 Å². The molecular formula is C20H27F2NO3. The van der Waals surface area contributed by atoms with Gasteiger partial charge < -0.3 is 20.3 Å². The maximum Gasteiger partial charge on any atom is 0.131 e. The second-order valence-corrected chi connectivity index (χ2v) is 5.86. The lowest BCUT2D eigenvalue weighted by atomic mass is 9.85. The summed E-state index contributed by atoms with van der Waals surface area (Å²) >= 11 is 0. The van der Waals surface area contributed by atoms with Crippen molar-refractivity contribution >= 4 is 0 Å². The molecule has 2 aromatic carbocycles. The van der Waals surface area contributed by atoms with E-state index in [1.54, 1.807) is 7.11 Å². The highest BCUT2D eigenvalue weighted by Gasteiger charge is 2.32. The van der Waals surface area contributed by atoms with Gasteiger partial charge in [-0.1, -0.05) is 36.4 Å². The highest BCUT2D eigenvalue weighted by Crippen LogP contribution is 2.29. The Labute approximate surface area is 153 Å². The first-order valence-corrected chi connectivity index (χ1v) is 8.35. The second-order valence-electron chi connectivity index (χ2n) is 5.86. The minimum Gasteiger partial charge on any atom is -0.400 e. The van der Waals surface area contributed by atoms with Gasteiger partial charge in [0.15, 0.2) is 0 Å². The molecule has 1 heterocycles. The number of aliphatic hydroxyl groups excluding tert-OH is 1. The van der Waals surface area contributed by atoms with Gasteiger partial charge in [-0.25, -0.2) is 8.78 Å². The van der Waals surface area contributed by atoms with Gasteiger partial charge in [-0.2, -0.15) is 0 Å². The summed E-state index contributed by atoms with van der Waals surface area (Å²) in [5, 5.41) is 7.00. The Bertz CT molecular complexity index is 632. The lowest BCUT2D eigenvalue weighted by molar-refractivity contribution is 0.0351. The fourth-order valence-corrected chi connectivity index (χ4v) is 2.66.